The number of carbonyl (C=O) groups is 2. The Morgan fingerprint density at radius 1 is 1.00 bits per heavy atom. The van der Waals surface area contributed by atoms with Gasteiger partial charge in [0.2, 0.25) is 10.0 Å². The van der Waals surface area contributed by atoms with Gasteiger partial charge >= 0.3 is 7.12 Å². The Labute approximate surface area is 218 Å². The van der Waals surface area contributed by atoms with Crippen LogP contribution < -0.4 is 15.5 Å². The number of nitrogens with one attached hydrogen (secondary N) is 2. The first-order valence-corrected chi connectivity index (χ1v) is 14.5. The van der Waals surface area contributed by atoms with Crippen molar-refractivity contribution in [1.82, 2.24) is 10.0 Å². The van der Waals surface area contributed by atoms with Crippen LogP contribution in [-0.4, -0.2) is 50.9 Å². The van der Waals surface area contributed by atoms with Gasteiger partial charge < -0.3 is 14.6 Å². The van der Waals surface area contributed by atoms with E-state index < -0.39 is 46.2 Å². The molecular weight excluding hydrogens is 499 g/mol. The zero-order valence-electron chi connectivity index (χ0n) is 22.1. The summed E-state index contributed by atoms with van der Waals surface area (Å²) in [6, 6.07) is 9.84. The molecule has 1 saturated heterocycles. The van der Waals surface area contributed by atoms with E-state index in [4.69, 9.17) is 9.31 Å². The summed E-state index contributed by atoms with van der Waals surface area (Å²) >= 11 is 1.35. The zero-order chi connectivity index (χ0) is 27.1. The van der Waals surface area contributed by atoms with Crippen LogP contribution in [0, 0.1) is 0 Å². The highest BCUT2D eigenvalue weighted by Gasteiger charge is 2.51. The summed E-state index contributed by atoms with van der Waals surface area (Å²) < 4.78 is 37.5. The molecule has 0 saturated carbocycles. The molecule has 2 aromatic rings. The van der Waals surface area contributed by atoms with Gasteiger partial charge in [0.05, 0.1) is 22.3 Å². The molecule has 3 rings (SSSR count). The van der Waals surface area contributed by atoms with Gasteiger partial charge in [0, 0.05) is 11.3 Å². The molecule has 0 radical (unpaired) electrons. The van der Waals surface area contributed by atoms with Gasteiger partial charge in [-0.3, -0.25) is 14.3 Å². The molecule has 1 atom stereocenters. The van der Waals surface area contributed by atoms with Crippen LogP contribution in [0.1, 0.15) is 68.6 Å². The number of sulfonamides is 1. The lowest BCUT2D eigenvalue weighted by molar-refractivity contribution is -0.121. The third kappa shape index (κ3) is 6.76. The SMILES string of the molecule is CC(C)(C)c1ccc(C(=O)N[C@@H](Cc2ccc(B3OC(C)(C)C(C)(C)O3)cc2)C(=O)NS(C)(=O)=O)s1. The second kappa shape index (κ2) is 9.93. The van der Waals surface area contributed by atoms with E-state index in [9.17, 15) is 18.0 Å². The van der Waals surface area contributed by atoms with Crippen LogP contribution in [0.2, 0.25) is 0 Å². The van der Waals surface area contributed by atoms with E-state index in [0.717, 1.165) is 22.2 Å². The molecule has 2 N–H and O–H groups in total. The van der Waals surface area contributed by atoms with Crippen molar-refractivity contribution in [1.29, 1.82) is 0 Å². The number of thiophene rings is 1. The minimum atomic E-state index is -3.80. The highest BCUT2D eigenvalue weighted by molar-refractivity contribution is 7.89. The van der Waals surface area contributed by atoms with Crippen molar-refractivity contribution in [2.75, 3.05) is 6.26 Å². The van der Waals surface area contributed by atoms with Gasteiger partial charge in [-0.25, -0.2) is 8.42 Å². The normalized spacial score (nSPS) is 18.1. The standard InChI is InChI=1S/C25H35BN2O6S2/c1-23(2,3)20-14-13-19(35-20)22(30)27-18(21(29)28-36(8,31)32)15-16-9-11-17(12-10-16)26-33-24(4,5)25(6,7)34-26/h9-14,18H,15H2,1-8H3,(H,27,30)(H,28,29)/t18-/m0/s1. The summed E-state index contributed by atoms with van der Waals surface area (Å²) in [5.74, 6) is -1.23. The monoisotopic (exact) mass is 534 g/mol. The van der Waals surface area contributed by atoms with Crippen molar-refractivity contribution < 1.29 is 27.3 Å². The predicted octanol–water partition coefficient (Wildman–Crippen LogP) is 2.76. The fraction of sp³-hybridized carbons (Fsp3) is 0.520. The summed E-state index contributed by atoms with van der Waals surface area (Å²) in [6.07, 6.45) is 1.01. The quantitative estimate of drug-likeness (QED) is 0.529. The Hall–Kier alpha value is -2.21. The Morgan fingerprint density at radius 2 is 1.56 bits per heavy atom. The van der Waals surface area contributed by atoms with Crippen molar-refractivity contribution in [2.45, 2.75) is 77.5 Å². The molecule has 196 valence electrons. The third-order valence-corrected chi connectivity index (χ3v) is 8.50. The van der Waals surface area contributed by atoms with Crippen LogP contribution in [-0.2, 0) is 36.0 Å². The molecule has 11 heteroatoms. The van der Waals surface area contributed by atoms with Crippen molar-refractivity contribution in [3.8, 4) is 0 Å². The lowest BCUT2D eigenvalue weighted by atomic mass is 9.78. The molecule has 2 heterocycles. The molecule has 0 spiro atoms. The van der Waals surface area contributed by atoms with E-state index in [0.29, 0.717) is 4.88 Å². The highest BCUT2D eigenvalue weighted by Crippen LogP contribution is 2.36. The van der Waals surface area contributed by atoms with Crippen molar-refractivity contribution in [3.63, 3.8) is 0 Å². The maximum atomic E-state index is 12.9. The number of rotatable bonds is 7. The van der Waals surface area contributed by atoms with Crippen molar-refractivity contribution in [2.24, 2.45) is 0 Å². The van der Waals surface area contributed by atoms with Crippen molar-refractivity contribution >= 4 is 45.8 Å². The molecule has 1 aromatic carbocycles. The molecule has 0 unspecified atom stereocenters. The maximum absolute atomic E-state index is 12.9. The largest absolute Gasteiger partial charge is 0.494 e. The van der Waals surface area contributed by atoms with Gasteiger partial charge in [-0.05, 0) is 56.3 Å². The lowest BCUT2D eigenvalue weighted by Crippen LogP contribution is -2.49. The second-order valence-corrected chi connectivity index (χ2v) is 14.0. The van der Waals surface area contributed by atoms with E-state index >= 15 is 0 Å². The van der Waals surface area contributed by atoms with Gasteiger partial charge in [-0.2, -0.15) is 0 Å². The molecule has 36 heavy (non-hydrogen) atoms. The topological polar surface area (TPSA) is 111 Å². The fourth-order valence-corrected chi connectivity index (χ4v) is 5.06. The lowest BCUT2D eigenvalue weighted by Gasteiger charge is -2.32. The Balaban J connectivity index is 1.78. The summed E-state index contributed by atoms with van der Waals surface area (Å²) in [5, 5.41) is 2.71. The molecule has 1 aromatic heterocycles. The highest BCUT2D eigenvalue weighted by atomic mass is 32.2. The summed E-state index contributed by atoms with van der Waals surface area (Å²) in [4.78, 5) is 27.2. The predicted molar refractivity (Wildman–Crippen MR) is 143 cm³/mol. The van der Waals surface area contributed by atoms with Gasteiger partial charge in [-0.1, -0.05) is 45.0 Å². The minimum absolute atomic E-state index is 0.105. The zero-order valence-corrected chi connectivity index (χ0v) is 23.7. The van der Waals surface area contributed by atoms with E-state index in [1.807, 2.05) is 62.7 Å². The first-order chi connectivity index (χ1) is 16.4. The van der Waals surface area contributed by atoms with E-state index in [1.165, 1.54) is 11.3 Å². The van der Waals surface area contributed by atoms with E-state index in [-0.39, 0.29) is 11.8 Å². The average Bonchev–Trinajstić information content (AvgIpc) is 3.29. The maximum Gasteiger partial charge on any atom is 0.494 e. The molecular formula is C25H35BN2O6S2. The van der Waals surface area contributed by atoms with Crippen LogP contribution in [0.25, 0.3) is 0 Å². The Morgan fingerprint density at radius 3 is 2.03 bits per heavy atom. The van der Waals surface area contributed by atoms with Crippen LogP contribution in [0.15, 0.2) is 36.4 Å². The van der Waals surface area contributed by atoms with Gasteiger partial charge in [-0.15, -0.1) is 11.3 Å². The summed E-state index contributed by atoms with van der Waals surface area (Å²) in [7, 11) is -4.32. The van der Waals surface area contributed by atoms with Crippen LogP contribution >= 0.6 is 11.3 Å². The van der Waals surface area contributed by atoms with Crippen molar-refractivity contribution in [3.05, 3.63) is 51.7 Å². The van der Waals surface area contributed by atoms with Gasteiger partial charge in [0.15, 0.2) is 0 Å². The summed E-state index contributed by atoms with van der Waals surface area (Å²) in [6.45, 7) is 14.1. The summed E-state index contributed by atoms with van der Waals surface area (Å²) in [5.41, 5.74) is 0.515. The number of hydrogen-bond donors (Lipinski definition) is 2. The molecule has 8 nitrogen and oxygen atoms in total. The number of benzene rings is 1. The first kappa shape index (κ1) is 28.4. The van der Waals surface area contributed by atoms with Crippen LogP contribution in [0.3, 0.4) is 0 Å². The van der Waals surface area contributed by atoms with Crippen LogP contribution in [0.4, 0.5) is 0 Å². The molecule has 1 fully saturated rings. The molecule has 2 amide bonds. The van der Waals surface area contributed by atoms with E-state index in [2.05, 4.69) is 26.1 Å². The number of carbonyl (C=O) groups excluding carboxylic acids is 2. The fourth-order valence-electron chi connectivity index (χ4n) is 3.58. The molecule has 0 bridgehead atoms. The van der Waals surface area contributed by atoms with Gasteiger partial charge in [0.1, 0.15) is 6.04 Å². The number of amides is 2. The molecule has 1 aliphatic rings. The minimum Gasteiger partial charge on any atom is -0.399 e. The van der Waals surface area contributed by atoms with Gasteiger partial charge in [0.25, 0.3) is 11.8 Å². The average molecular weight is 535 g/mol. The Kier molecular flexibility index (Phi) is 7.82. The molecule has 0 aliphatic carbocycles. The first-order valence-electron chi connectivity index (χ1n) is 11.8. The second-order valence-electron chi connectivity index (χ2n) is 11.2. The van der Waals surface area contributed by atoms with Crippen LogP contribution in [0.5, 0.6) is 0 Å². The smallest absolute Gasteiger partial charge is 0.399 e. The number of hydrogen-bond acceptors (Lipinski definition) is 7. The third-order valence-electron chi connectivity index (χ3n) is 6.42. The van der Waals surface area contributed by atoms with E-state index in [1.54, 1.807) is 6.07 Å². The molecule has 1 aliphatic heterocycles. The Bertz CT molecular complexity index is 1210.